The summed E-state index contributed by atoms with van der Waals surface area (Å²) in [5.41, 5.74) is -0.349. The van der Waals surface area contributed by atoms with Gasteiger partial charge in [-0.25, -0.2) is 8.78 Å². The van der Waals surface area contributed by atoms with Crippen molar-refractivity contribution in [3.8, 4) is 0 Å². The number of aliphatic hydroxyl groups is 1. The van der Waals surface area contributed by atoms with Gasteiger partial charge in [0.15, 0.2) is 0 Å². The summed E-state index contributed by atoms with van der Waals surface area (Å²) in [4.78, 5) is 0.00836. The molecule has 0 aliphatic rings. The van der Waals surface area contributed by atoms with E-state index in [1.807, 2.05) is 0 Å². The van der Waals surface area contributed by atoms with Crippen LogP contribution in [0.4, 0.5) is 8.78 Å². The molecule has 0 aliphatic carbocycles. The van der Waals surface area contributed by atoms with E-state index in [2.05, 4.69) is 0 Å². The number of aliphatic hydroxyl groups excluding tert-OH is 1. The first-order chi connectivity index (χ1) is 6.94. The predicted octanol–water partition coefficient (Wildman–Crippen LogP) is 2.96. The van der Waals surface area contributed by atoms with Gasteiger partial charge in [0.05, 0.1) is 11.5 Å². The van der Waals surface area contributed by atoms with Crippen molar-refractivity contribution in [2.45, 2.75) is 24.2 Å². The molecule has 0 spiro atoms. The van der Waals surface area contributed by atoms with Crippen molar-refractivity contribution in [2.75, 3.05) is 12.9 Å². The molecule has 0 amide bonds. The van der Waals surface area contributed by atoms with Crippen molar-refractivity contribution in [3.05, 3.63) is 29.3 Å². The summed E-state index contributed by atoms with van der Waals surface area (Å²) in [6.45, 7) is 3.25. The minimum Gasteiger partial charge on any atom is -0.395 e. The molecule has 0 saturated heterocycles. The topological polar surface area (TPSA) is 20.2 Å². The lowest BCUT2D eigenvalue weighted by Gasteiger charge is -2.23. The molecule has 1 N–H and O–H groups in total. The van der Waals surface area contributed by atoms with Gasteiger partial charge in [-0.3, -0.25) is 0 Å². The molecule has 1 aromatic carbocycles. The third-order valence-corrected chi connectivity index (χ3v) is 3.16. The van der Waals surface area contributed by atoms with Crippen molar-refractivity contribution in [1.82, 2.24) is 0 Å². The van der Waals surface area contributed by atoms with Crippen LogP contribution < -0.4 is 0 Å². The zero-order valence-electron chi connectivity index (χ0n) is 8.97. The maximum Gasteiger partial charge on any atom is 0.143 e. The molecule has 0 aromatic heterocycles. The molecule has 0 unspecified atom stereocenters. The molecule has 0 radical (unpaired) electrons. The zero-order valence-corrected chi connectivity index (χ0v) is 9.79. The molecule has 0 saturated carbocycles. The maximum absolute atomic E-state index is 13.8. The van der Waals surface area contributed by atoms with Gasteiger partial charge in [-0.2, -0.15) is 0 Å². The van der Waals surface area contributed by atoms with Gasteiger partial charge in [-0.1, -0.05) is 19.9 Å². The highest BCUT2D eigenvalue weighted by Gasteiger charge is 2.25. The molecule has 1 rings (SSSR count). The highest BCUT2D eigenvalue weighted by molar-refractivity contribution is 7.98. The number of halogens is 2. The Morgan fingerprint density at radius 3 is 2.40 bits per heavy atom. The molecular formula is C11H14F2OS. The second kappa shape index (κ2) is 4.49. The lowest BCUT2D eigenvalue weighted by atomic mass is 9.85. The third kappa shape index (κ3) is 2.32. The Hall–Kier alpha value is -0.610. The molecule has 0 atom stereocenters. The van der Waals surface area contributed by atoms with Gasteiger partial charge in [-0.05, 0) is 17.9 Å². The Kier molecular flexibility index (Phi) is 3.73. The lowest BCUT2D eigenvalue weighted by molar-refractivity contribution is 0.214. The summed E-state index contributed by atoms with van der Waals surface area (Å²) in [6, 6.07) is 2.63. The van der Waals surface area contributed by atoms with Crippen molar-refractivity contribution in [3.63, 3.8) is 0 Å². The predicted molar refractivity (Wildman–Crippen MR) is 58.3 cm³/mol. The molecule has 1 aromatic rings. The van der Waals surface area contributed by atoms with Gasteiger partial charge in [0, 0.05) is 5.41 Å². The van der Waals surface area contributed by atoms with E-state index in [9.17, 15) is 8.78 Å². The summed E-state index contributed by atoms with van der Waals surface area (Å²) < 4.78 is 27.0. The second-order valence-electron chi connectivity index (χ2n) is 3.98. The summed E-state index contributed by atoms with van der Waals surface area (Å²) in [6.07, 6.45) is 1.62. The Bertz CT molecular complexity index is 364. The molecule has 1 nitrogen and oxygen atoms in total. The summed E-state index contributed by atoms with van der Waals surface area (Å²) in [5, 5.41) is 9.14. The van der Waals surface area contributed by atoms with Gasteiger partial charge in [0.25, 0.3) is 0 Å². The van der Waals surface area contributed by atoms with Crippen molar-refractivity contribution in [2.24, 2.45) is 0 Å². The average Bonchev–Trinajstić information content (AvgIpc) is 2.18. The monoisotopic (exact) mass is 232 g/mol. The van der Waals surface area contributed by atoms with E-state index in [1.54, 1.807) is 20.1 Å². The van der Waals surface area contributed by atoms with Crippen LogP contribution in [0.5, 0.6) is 0 Å². The Labute approximate surface area is 92.5 Å². The minimum atomic E-state index is -0.692. The van der Waals surface area contributed by atoms with Crippen LogP contribution in [0.15, 0.2) is 17.0 Å². The van der Waals surface area contributed by atoms with E-state index in [1.165, 1.54) is 12.1 Å². The van der Waals surface area contributed by atoms with Crippen molar-refractivity contribution in [1.29, 1.82) is 0 Å². The van der Waals surface area contributed by atoms with Crippen molar-refractivity contribution < 1.29 is 13.9 Å². The molecule has 0 fully saturated rings. The van der Waals surface area contributed by atoms with Crippen LogP contribution in [0.3, 0.4) is 0 Å². The Balaban J connectivity index is 3.34. The van der Waals surface area contributed by atoms with Crippen LogP contribution >= 0.6 is 11.8 Å². The third-order valence-electron chi connectivity index (χ3n) is 2.38. The summed E-state index contributed by atoms with van der Waals surface area (Å²) in [7, 11) is 0. The van der Waals surface area contributed by atoms with E-state index in [-0.39, 0.29) is 11.5 Å². The highest BCUT2D eigenvalue weighted by Crippen LogP contribution is 2.32. The van der Waals surface area contributed by atoms with Crippen LogP contribution in [-0.2, 0) is 5.41 Å². The number of hydrogen-bond donors (Lipinski definition) is 1. The Morgan fingerprint density at radius 2 is 1.93 bits per heavy atom. The van der Waals surface area contributed by atoms with Crippen LogP contribution in [0.2, 0.25) is 0 Å². The molecule has 15 heavy (non-hydrogen) atoms. The molecule has 0 heterocycles. The largest absolute Gasteiger partial charge is 0.395 e. The van der Waals surface area contributed by atoms with E-state index in [0.29, 0.717) is 5.56 Å². The summed E-state index contributed by atoms with van der Waals surface area (Å²) in [5.74, 6) is -1.13. The van der Waals surface area contributed by atoms with E-state index in [4.69, 9.17) is 5.11 Å². The molecular weight excluding hydrogens is 218 g/mol. The van der Waals surface area contributed by atoms with E-state index in [0.717, 1.165) is 11.8 Å². The standard InChI is InChI=1S/C11H14F2OS/c1-11(2,6-14)7-4-5-8(12)10(15-3)9(7)13/h4-5,14H,6H2,1-3H3. The van der Waals surface area contributed by atoms with E-state index >= 15 is 0 Å². The van der Waals surface area contributed by atoms with Gasteiger partial charge in [0.2, 0.25) is 0 Å². The first-order valence-corrected chi connectivity index (χ1v) is 5.80. The molecule has 84 valence electrons. The molecule has 0 aliphatic heterocycles. The van der Waals surface area contributed by atoms with Gasteiger partial charge in [0.1, 0.15) is 11.6 Å². The quantitative estimate of drug-likeness (QED) is 0.808. The summed E-state index contributed by atoms with van der Waals surface area (Å²) >= 11 is 1.03. The molecule has 4 heteroatoms. The van der Waals surface area contributed by atoms with Gasteiger partial charge >= 0.3 is 0 Å². The number of hydrogen-bond acceptors (Lipinski definition) is 2. The number of thioether (sulfide) groups is 1. The van der Waals surface area contributed by atoms with Crippen LogP contribution in [0, 0.1) is 11.6 Å². The number of rotatable bonds is 3. The second-order valence-corrected chi connectivity index (χ2v) is 4.80. The zero-order chi connectivity index (χ0) is 11.6. The lowest BCUT2D eigenvalue weighted by Crippen LogP contribution is -2.24. The van der Waals surface area contributed by atoms with E-state index < -0.39 is 17.0 Å². The SMILES string of the molecule is CSc1c(F)ccc(C(C)(C)CO)c1F. The fraction of sp³-hybridized carbons (Fsp3) is 0.455. The van der Waals surface area contributed by atoms with Crippen molar-refractivity contribution >= 4 is 11.8 Å². The smallest absolute Gasteiger partial charge is 0.143 e. The van der Waals surface area contributed by atoms with Crippen LogP contribution in [0.25, 0.3) is 0 Å². The number of benzene rings is 1. The normalized spacial score (nSPS) is 11.9. The fourth-order valence-corrected chi connectivity index (χ4v) is 1.88. The van der Waals surface area contributed by atoms with Crippen LogP contribution in [-0.4, -0.2) is 18.0 Å². The van der Waals surface area contributed by atoms with Crippen LogP contribution in [0.1, 0.15) is 19.4 Å². The highest BCUT2D eigenvalue weighted by atomic mass is 32.2. The maximum atomic E-state index is 13.8. The van der Waals surface area contributed by atoms with Gasteiger partial charge < -0.3 is 5.11 Å². The molecule has 0 bridgehead atoms. The fourth-order valence-electron chi connectivity index (χ4n) is 1.33. The Morgan fingerprint density at radius 1 is 1.33 bits per heavy atom. The minimum absolute atomic E-state index is 0.00836. The van der Waals surface area contributed by atoms with Gasteiger partial charge in [-0.15, -0.1) is 11.8 Å². The first-order valence-electron chi connectivity index (χ1n) is 4.57. The average molecular weight is 232 g/mol. The first kappa shape index (κ1) is 12.5.